The van der Waals surface area contributed by atoms with Crippen LogP contribution in [0, 0.1) is 11.3 Å². The summed E-state index contributed by atoms with van der Waals surface area (Å²) in [4.78, 5) is 26.2. The molecule has 100 valence electrons. The number of carbonyl (C=O) groups is 2. The molecular formula is C12H18N2O3S. The van der Waals surface area contributed by atoms with Crippen molar-refractivity contribution >= 4 is 23.2 Å². The highest BCUT2D eigenvalue weighted by Crippen LogP contribution is 2.24. The Labute approximate surface area is 110 Å². The number of carboxylic acid groups (broad SMARTS) is 1. The van der Waals surface area contributed by atoms with Gasteiger partial charge in [0, 0.05) is 11.9 Å². The number of aromatic nitrogens is 1. The topological polar surface area (TPSA) is 79.3 Å². The van der Waals surface area contributed by atoms with Gasteiger partial charge in [-0.15, -0.1) is 11.3 Å². The molecule has 0 fully saturated rings. The van der Waals surface area contributed by atoms with Crippen molar-refractivity contribution in [2.24, 2.45) is 11.3 Å². The Balaban J connectivity index is 2.58. The molecule has 6 heteroatoms. The number of thiazole rings is 1. The van der Waals surface area contributed by atoms with Gasteiger partial charge in [0.1, 0.15) is 0 Å². The fraction of sp³-hybridized carbons (Fsp3) is 0.583. The second-order valence-corrected chi connectivity index (χ2v) is 6.18. The van der Waals surface area contributed by atoms with Crippen LogP contribution in [-0.2, 0) is 0 Å². The van der Waals surface area contributed by atoms with E-state index in [0.717, 1.165) is 11.3 Å². The molecule has 1 amide bonds. The fourth-order valence-corrected chi connectivity index (χ4v) is 1.81. The minimum Gasteiger partial charge on any atom is -0.476 e. The molecule has 0 saturated carbocycles. The quantitative estimate of drug-likeness (QED) is 0.879. The molecule has 18 heavy (non-hydrogen) atoms. The zero-order chi connectivity index (χ0) is 13.9. The SMILES string of the molecule is CC(CNC(=O)c1nc(C(=O)O)cs1)C(C)(C)C. The van der Waals surface area contributed by atoms with Crippen molar-refractivity contribution in [3.8, 4) is 0 Å². The molecule has 0 radical (unpaired) electrons. The maximum Gasteiger partial charge on any atom is 0.355 e. The molecule has 0 saturated heterocycles. The monoisotopic (exact) mass is 270 g/mol. The maximum absolute atomic E-state index is 11.8. The molecule has 2 N–H and O–H groups in total. The summed E-state index contributed by atoms with van der Waals surface area (Å²) in [6.45, 7) is 8.93. The highest BCUT2D eigenvalue weighted by atomic mass is 32.1. The average Bonchev–Trinajstić information content (AvgIpc) is 2.73. The summed E-state index contributed by atoms with van der Waals surface area (Å²) in [5.41, 5.74) is 0.0246. The summed E-state index contributed by atoms with van der Waals surface area (Å²) < 4.78 is 0. The van der Waals surface area contributed by atoms with Crippen LogP contribution in [0.15, 0.2) is 5.38 Å². The predicted molar refractivity (Wildman–Crippen MR) is 70.0 cm³/mol. The van der Waals surface area contributed by atoms with Crippen molar-refractivity contribution in [3.63, 3.8) is 0 Å². The molecule has 0 aliphatic carbocycles. The third-order valence-corrected chi connectivity index (χ3v) is 3.81. The van der Waals surface area contributed by atoms with E-state index in [1.165, 1.54) is 5.38 Å². The van der Waals surface area contributed by atoms with Gasteiger partial charge in [0.2, 0.25) is 0 Å². The number of rotatable bonds is 4. The lowest BCUT2D eigenvalue weighted by molar-refractivity contribution is 0.0691. The first-order valence-corrected chi connectivity index (χ1v) is 6.57. The first kappa shape index (κ1) is 14.6. The summed E-state index contributed by atoms with van der Waals surface area (Å²) in [5.74, 6) is -1.11. The van der Waals surface area contributed by atoms with Crippen molar-refractivity contribution in [1.82, 2.24) is 10.3 Å². The Morgan fingerprint density at radius 1 is 1.50 bits per heavy atom. The van der Waals surface area contributed by atoms with E-state index in [4.69, 9.17) is 5.11 Å². The molecule has 1 atom stereocenters. The van der Waals surface area contributed by atoms with Gasteiger partial charge in [-0.3, -0.25) is 4.79 Å². The minimum atomic E-state index is -1.12. The molecule has 0 aliphatic heterocycles. The number of hydrogen-bond acceptors (Lipinski definition) is 4. The molecule has 1 aromatic rings. The first-order chi connectivity index (χ1) is 8.21. The van der Waals surface area contributed by atoms with Gasteiger partial charge >= 0.3 is 5.97 Å². The van der Waals surface area contributed by atoms with Crippen LogP contribution in [0.25, 0.3) is 0 Å². The summed E-state index contributed by atoms with van der Waals surface area (Å²) in [5, 5.41) is 13.0. The zero-order valence-corrected chi connectivity index (χ0v) is 11.8. The molecule has 0 aromatic carbocycles. The number of aromatic carboxylic acids is 1. The first-order valence-electron chi connectivity index (χ1n) is 5.69. The van der Waals surface area contributed by atoms with Gasteiger partial charge in [0.25, 0.3) is 5.91 Å². The number of nitrogens with zero attached hydrogens (tertiary/aromatic N) is 1. The van der Waals surface area contributed by atoms with Gasteiger partial charge in [-0.25, -0.2) is 9.78 Å². The molecule has 1 unspecified atom stereocenters. The lowest BCUT2D eigenvalue weighted by Crippen LogP contribution is -2.33. The largest absolute Gasteiger partial charge is 0.476 e. The zero-order valence-electron chi connectivity index (χ0n) is 11.0. The van der Waals surface area contributed by atoms with E-state index in [9.17, 15) is 9.59 Å². The molecule has 5 nitrogen and oxygen atoms in total. The Bertz CT molecular complexity index is 448. The van der Waals surface area contributed by atoms with Crippen LogP contribution < -0.4 is 5.32 Å². The number of nitrogens with one attached hydrogen (secondary N) is 1. The van der Waals surface area contributed by atoms with Crippen molar-refractivity contribution < 1.29 is 14.7 Å². The van der Waals surface area contributed by atoms with E-state index >= 15 is 0 Å². The van der Waals surface area contributed by atoms with E-state index in [1.807, 2.05) is 0 Å². The molecule has 1 aromatic heterocycles. The van der Waals surface area contributed by atoms with E-state index in [-0.39, 0.29) is 22.0 Å². The Morgan fingerprint density at radius 3 is 2.56 bits per heavy atom. The second-order valence-electron chi connectivity index (χ2n) is 5.32. The summed E-state index contributed by atoms with van der Waals surface area (Å²) in [6, 6.07) is 0. The highest BCUT2D eigenvalue weighted by Gasteiger charge is 2.21. The standard InChI is InChI=1S/C12H18N2O3S/c1-7(12(2,3)4)5-13-9(15)10-14-8(6-18-10)11(16)17/h6-7H,5H2,1-4H3,(H,13,15)(H,16,17). The van der Waals surface area contributed by atoms with E-state index in [2.05, 4.69) is 38.0 Å². The lowest BCUT2D eigenvalue weighted by Gasteiger charge is -2.27. The molecule has 0 bridgehead atoms. The van der Waals surface area contributed by atoms with Gasteiger partial charge < -0.3 is 10.4 Å². The molecule has 0 aliphatic rings. The van der Waals surface area contributed by atoms with Crippen LogP contribution in [0.5, 0.6) is 0 Å². The Hall–Kier alpha value is -1.43. The molecular weight excluding hydrogens is 252 g/mol. The van der Waals surface area contributed by atoms with Crippen molar-refractivity contribution in [2.75, 3.05) is 6.54 Å². The predicted octanol–water partition coefficient (Wildman–Crippen LogP) is 2.25. The summed E-state index contributed by atoms with van der Waals surface area (Å²) in [6.07, 6.45) is 0. The Morgan fingerprint density at radius 2 is 2.11 bits per heavy atom. The Kier molecular flexibility index (Phi) is 4.45. The second kappa shape index (κ2) is 5.48. The van der Waals surface area contributed by atoms with Crippen LogP contribution in [0.2, 0.25) is 0 Å². The number of hydrogen-bond donors (Lipinski definition) is 2. The number of carboxylic acids is 1. The lowest BCUT2D eigenvalue weighted by atomic mass is 9.82. The van der Waals surface area contributed by atoms with Crippen LogP contribution in [0.4, 0.5) is 0 Å². The molecule has 0 spiro atoms. The smallest absolute Gasteiger partial charge is 0.355 e. The third kappa shape index (κ3) is 3.80. The third-order valence-electron chi connectivity index (χ3n) is 2.96. The van der Waals surface area contributed by atoms with Crippen LogP contribution >= 0.6 is 11.3 Å². The van der Waals surface area contributed by atoms with Crippen molar-refractivity contribution in [2.45, 2.75) is 27.7 Å². The van der Waals surface area contributed by atoms with Crippen molar-refractivity contribution in [1.29, 1.82) is 0 Å². The molecule has 1 rings (SSSR count). The van der Waals surface area contributed by atoms with Gasteiger partial charge in [0.05, 0.1) is 0 Å². The van der Waals surface area contributed by atoms with Crippen LogP contribution in [0.3, 0.4) is 0 Å². The average molecular weight is 270 g/mol. The fourth-order valence-electron chi connectivity index (χ4n) is 1.10. The van der Waals surface area contributed by atoms with E-state index < -0.39 is 5.97 Å². The van der Waals surface area contributed by atoms with Gasteiger partial charge in [-0.1, -0.05) is 27.7 Å². The van der Waals surface area contributed by atoms with Crippen LogP contribution in [-0.4, -0.2) is 28.5 Å². The molecule has 1 heterocycles. The number of carbonyl (C=O) groups excluding carboxylic acids is 1. The van der Waals surface area contributed by atoms with Gasteiger partial charge in [-0.2, -0.15) is 0 Å². The number of amides is 1. The normalized spacial score (nSPS) is 13.1. The maximum atomic E-state index is 11.8. The van der Waals surface area contributed by atoms with Crippen LogP contribution in [0.1, 0.15) is 48.0 Å². The van der Waals surface area contributed by atoms with Crippen molar-refractivity contribution in [3.05, 3.63) is 16.1 Å². The highest BCUT2D eigenvalue weighted by molar-refractivity contribution is 7.11. The minimum absolute atomic E-state index is 0.0889. The van der Waals surface area contributed by atoms with Gasteiger partial charge in [-0.05, 0) is 11.3 Å². The summed E-state index contributed by atoms with van der Waals surface area (Å²) in [7, 11) is 0. The van der Waals surface area contributed by atoms with E-state index in [1.54, 1.807) is 0 Å². The van der Waals surface area contributed by atoms with Gasteiger partial charge in [0.15, 0.2) is 10.7 Å². The van der Waals surface area contributed by atoms with E-state index in [0.29, 0.717) is 12.5 Å². The summed E-state index contributed by atoms with van der Waals surface area (Å²) >= 11 is 1.04.